The van der Waals surface area contributed by atoms with E-state index < -0.39 is 0 Å². The Hall–Kier alpha value is -0.570. The fourth-order valence-electron chi connectivity index (χ4n) is 1.80. The normalized spacial score (nSPS) is 16.6. The lowest BCUT2D eigenvalue weighted by Crippen LogP contribution is -2.31. The molecule has 0 spiro atoms. The molecule has 1 aliphatic rings. The minimum Gasteiger partial charge on any atom is -0.388 e. The summed E-state index contributed by atoms with van der Waals surface area (Å²) in [6.07, 6.45) is 4.53. The monoisotopic (exact) mass is 197 g/mol. The predicted octanol–water partition coefficient (Wildman–Crippen LogP) is 1.82. The quantitative estimate of drug-likeness (QED) is 0.483. The van der Waals surface area contributed by atoms with E-state index in [1.807, 2.05) is 0 Å². The molecular weight excluding hydrogens is 174 g/mol. The second-order valence-corrected chi connectivity index (χ2v) is 4.75. The highest BCUT2D eigenvalue weighted by molar-refractivity contribution is 5.76. The molecule has 0 bridgehead atoms. The third-order valence-corrected chi connectivity index (χ3v) is 2.55. The molecule has 1 rings (SSSR count). The van der Waals surface area contributed by atoms with Gasteiger partial charge >= 0.3 is 0 Å². The lowest BCUT2D eigenvalue weighted by molar-refractivity contribution is 0.233. The zero-order valence-corrected chi connectivity index (χ0v) is 9.42. The van der Waals surface area contributed by atoms with Gasteiger partial charge in [-0.3, -0.25) is 5.41 Å². The number of amidine groups is 1. The van der Waals surface area contributed by atoms with Crippen molar-refractivity contribution in [3.63, 3.8) is 0 Å². The number of hydrogen-bond donors (Lipinski definition) is 2. The minimum absolute atomic E-state index is 0.324. The fourth-order valence-corrected chi connectivity index (χ4v) is 1.80. The lowest BCUT2D eigenvalue weighted by atomic mass is 10.2. The molecule has 1 aliphatic carbocycles. The van der Waals surface area contributed by atoms with Gasteiger partial charge in [-0.25, -0.2) is 0 Å². The van der Waals surface area contributed by atoms with Crippen molar-refractivity contribution in [3.05, 3.63) is 0 Å². The van der Waals surface area contributed by atoms with Crippen LogP contribution in [-0.2, 0) is 0 Å². The van der Waals surface area contributed by atoms with Gasteiger partial charge in [0.2, 0.25) is 0 Å². The van der Waals surface area contributed by atoms with E-state index in [0.717, 1.165) is 31.3 Å². The van der Waals surface area contributed by atoms with Crippen molar-refractivity contribution >= 4 is 5.84 Å². The molecule has 82 valence electrons. The molecule has 3 nitrogen and oxygen atoms in total. The van der Waals surface area contributed by atoms with Crippen LogP contribution in [-0.4, -0.2) is 29.9 Å². The van der Waals surface area contributed by atoms with Crippen molar-refractivity contribution < 1.29 is 0 Å². The Morgan fingerprint density at radius 3 is 2.57 bits per heavy atom. The first kappa shape index (κ1) is 11.5. The number of nitrogens with one attached hydrogen (secondary N) is 1. The second kappa shape index (κ2) is 5.35. The van der Waals surface area contributed by atoms with Gasteiger partial charge in [-0.2, -0.15) is 0 Å². The molecule has 1 saturated carbocycles. The van der Waals surface area contributed by atoms with Crippen molar-refractivity contribution in [2.24, 2.45) is 11.7 Å². The molecule has 0 aromatic rings. The molecule has 0 aromatic heterocycles. The Balaban J connectivity index is 2.18. The third-order valence-electron chi connectivity index (χ3n) is 2.55. The summed E-state index contributed by atoms with van der Waals surface area (Å²) < 4.78 is 0. The summed E-state index contributed by atoms with van der Waals surface area (Å²) in [5.41, 5.74) is 5.34. The summed E-state index contributed by atoms with van der Waals surface area (Å²) in [6, 6.07) is 0.837. The second-order valence-electron chi connectivity index (χ2n) is 4.75. The van der Waals surface area contributed by atoms with E-state index >= 15 is 0 Å². The first-order valence-corrected chi connectivity index (χ1v) is 5.66. The van der Waals surface area contributed by atoms with Gasteiger partial charge in [0, 0.05) is 19.0 Å². The Morgan fingerprint density at radius 1 is 1.50 bits per heavy atom. The molecular formula is C11H23N3. The number of nitrogens with zero attached hydrogens (tertiary/aromatic N) is 1. The summed E-state index contributed by atoms with van der Waals surface area (Å²) in [5.74, 6) is 1.07. The molecule has 0 aromatic carbocycles. The molecule has 0 amide bonds. The SMILES string of the molecule is CC(C)CN(CCCC(=N)N)C1CC1. The Morgan fingerprint density at radius 2 is 2.14 bits per heavy atom. The number of rotatable bonds is 7. The Kier molecular flexibility index (Phi) is 4.39. The maximum Gasteiger partial charge on any atom is 0.0905 e. The first-order valence-electron chi connectivity index (χ1n) is 5.66. The van der Waals surface area contributed by atoms with E-state index in [-0.39, 0.29) is 0 Å². The molecule has 0 saturated heterocycles. The van der Waals surface area contributed by atoms with Crippen molar-refractivity contribution in [3.8, 4) is 0 Å². The average molecular weight is 197 g/mol. The van der Waals surface area contributed by atoms with Crippen LogP contribution in [0.15, 0.2) is 0 Å². The van der Waals surface area contributed by atoms with Crippen LogP contribution < -0.4 is 5.73 Å². The van der Waals surface area contributed by atoms with Gasteiger partial charge in [-0.15, -0.1) is 0 Å². The molecule has 0 unspecified atom stereocenters. The maximum absolute atomic E-state index is 7.16. The minimum atomic E-state index is 0.324. The van der Waals surface area contributed by atoms with Crippen LogP contribution in [0, 0.1) is 11.3 Å². The standard InChI is InChI=1S/C11H23N3/c1-9(2)8-14(10-5-6-10)7-3-4-11(12)13/h9-10H,3-8H2,1-2H3,(H3,12,13). The van der Waals surface area contributed by atoms with Gasteiger partial charge in [-0.1, -0.05) is 13.8 Å². The first-order chi connectivity index (χ1) is 6.59. The summed E-state index contributed by atoms with van der Waals surface area (Å²) in [7, 11) is 0. The fraction of sp³-hybridized carbons (Fsp3) is 0.909. The Bertz CT molecular complexity index is 185. The zero-order valence-electron chi connectivity index (χ0n) is 9.42. The predicted molar refractivity (Wildman–Crippen MR) is 60.6 cm³/mol. The van der Waals surface area contributed by atoms with Crippen molar-refractivity contribution in [1.82, 2.24) is 4.90 Å². The van der Waals surface area contributed by atoms with Crippen LogP contribution in [0.3, 0.4) is 0 Å². The topological polar surface area (TPSA) is 53.1 Å². The highest BCUT2D eigenvalue weighted by Gasteiger charge is 2.28. The van der Waals surface area contributed by atoms with E-state index in [9.17, 15) is 0 Å². The van der Waals surface area contributed by atoms with Crippen LogP contribution >= 0.6 is 0 Å². The van der Waals surface area contributed by atoms with Crippen molar-refractivity contribution in [2.75, 3.05) is 13.1 Å². The number of nitrogens with two attached hydrogens (primary N) is 1. The molecule has 1 fully saturated rings. The van der Waals surface area contributed by atoms with Crippen LogP contribution in [0.2, 0.25) is 0 Å². The van der Waals surface area contributed by atoms with Gasteiger partial charge in [0.1, 0.15) is 0 Å². The summed E-state index contributed by atoms with van der Waals surface area (Å²) >= 11 is 0. The van der Waals surface area contributed by atoms with Gasteiger partial charge in [0.05, 0.1) is 5.84 Å². The molecule has 0 aliphatic heterocycles. The summed E-state index contributed by atoms with van der Waals surface area (Å²) in [5, 5.41) is 7.16. The van der Waals surface area contributed by atoms with Gasteiger partial charge in [-0.05, 0) is 31.7 Å². The molecule has 0 atom stereocenters. The third kappa shape index (κ3) is 4.61. The molecule has 3 heteroatoms. The summed E-state index contributed by atoms with van der Waals surface area (Å²) in [4.78, 5) is 2.56. The van der Waals surface area contributed by atoms with E-state index in [4.69, 9.17) is 11.1 Å². The van der Waals surface area contributed by atoms with E-state index in [2.05, 4.69) is 18.7 Å². The van der Waals surface area contributed by atoms with E-state index in [1.165, 1.54) is 19.4 Å². The average Bonchev–Trinajstić information content (AvgIpc) is 2.83. The van der Waals surface area contributed by atoms with Crippen LogP contribution in [0.5, 0.6) is 0 Å². The van der Waals surface area contributed by atoms with Crippen molar-refractivity contribution in [2.45, 2.75) is 45.6 Å². The number of hydrogen-bond acceptors (Lipinski definition) is 2. The van der Waals surface area contributed by atoms with Crippen molar-refractivity contribution in [1.29, 1.82) is 5.41 Å². The summed E-state index contributed by atoms with van der Waals surface area (Å²) in [6.45, 7) is 6.84. The maximum atomic E-state index is 7.16. The highest BCUT2D eigenvalue weighted by Crippen LogP contribution is 2.27. The molecule has 0 radical (unpaired) electrons. The van der Waals surface area contributed by atoms with Crippen LogP contribution in [0.1, 0.15) is 39.5 Å². The highest BCUT2D eigenvalue weighted by atomic mass is 15.2. The largest absolute Gasteiger partial charge is 0.388 e. The zero-order chi connectivity index (χ0) is 10.6. The molecule has 3 N–H and O–H groups in total. The van der Waals surface area contributed by atoms with Crippen LogP contribution in [0.25, 0.3) is 0 Å². The van der Waals surface area contributed by atoms with Gasteiger partial charge < -0.3 is 10.6 Å². The van der Waals surface area contributed by atoms with Crippen LogP contribution in [0.4, 0.5) is 0 Å². The molecule has 0 heterocycles. The van der Waals surface area contributed by atoms with E-state index in [1.54, 1.807) is 0 Å². The van der Waals surface area contributed by atoms with E-state index in [0.29, 0.717) is 5.84 Å². The lowest BCUT2D eigenvalue weighted by Gasteiger charge is -2.23. The van der Waals surface area contributed by atoms with Gasteiger partial charge in [0.25, 0.3) is 0 Å². The van der Waals surface area contributed by atoms with Gasteiger partial charge in [0.15, 0.2) is 0 Å². The Labute approximate surface area is 87.2 Å². The smallest absolute Gasteiger partial charge is 0.0905 e. The molecule has 14 heavy (non-hydrogen) atoms.